The molecule has 2 heterocycles. The van der Waals surface area contributed by atoms with Crippen LogP contribution in [0.5, 0.6) is 0 Å². The molecule has 0 atom stereocenters. The minimum absolute atomic E-state index is 0.0753. The minimum atomic E-state index is 0.0753. The van der Waals surface area contributed by atoms with Crippen LogP contribution in [0.1, 0.15) is 42.5 Å². The molecule has 0 aliphatic heterocycles. The van der Waals surface area contributed by atoms with E-state index in [9.17, 15) is 4.79 Å². The Hall–Kier alpha value is -0.861. The Balaban J connectivity index is 0.000000514. The molecule has 3 nitrogen and oxygen atoms in total. The topological polar surface area (TPSA) is 45.8 Å². The van der Waals surface area contributed by atoms with Gasteiger partial charge in [-0.15, -0.1) is 0 Å². The molecule has 1 aliphatic rings. The van der Waals surface area contributed by atoms with Crippen LogP contribution in [0, 0.1) is 6.92 Å². The average molecular weight is 297 g/mol. The fourth-order valence-electron chi connectivity index (χ4n) is 2.27. The molecule has 92 valence electrons. The number of fused-ring (bicyclic) bond motifs is 3. The van der Waals surface area contributed by atoms with Crippen molar-refractivity contribution in [3.8, 4) is 0 Å². The first-order valence-corrected chi connectivity index (χ1v) is 7.98. The molecular weight excluding hydrogens is 279 g/mol. The van der Waals surface area contributed by atoms with Crippen molar-refractivity contribution in [3.05, 3.63) is 26.2 Å². The summed E-state index contributed by atoms with van der Waals surface area (Å²) < 4.78 is 2.59. The van der Waals surface area contributed by atoms with Gasteiger partial charge in [0.2, 0.25) is 0 Å². The van der Waals surface area contributed by atoms with Crippen LogP contribution >= 0.6 is 0 Å². The number of hydrogen-bond donors (Lipinski definition) is 1. The van der Waals surface area contributed by atoms with Gasteiger partial charge in [0.05, 0.1) is 0 Å². The van der Waals surface area contributed by atoms with Gasteiger partial charge in [0.1, 0.15) is 0 Å². The van der Waals surface area contributed by atoms with Gasteiger partial charge in [-0.1, -0.05) is 13.8 Å². The summed E-state index contributed by atoms with van der Waals surface area (Å²) in [5.41, 5.74) is 1.40. The number of nitrogens with one attached hydrogen (secondary N) is 1. The second-order valence-corrected chi connectivity index (χ2v) is 6.32. The molecule has 1 aliphatic carbocycles. The van der Waals surface area contributed by atoms with Gasteiger partial charge in [0.15, 0.2) is 0 Å². The van der Waals surface area contributed by atoms with Crippen LogP contribution in [0.4, 0.5) is 0 Å². The van der Waals surface area contributed by atoms with Crippen LogP contribution in [0.2, 0.25) is 0 Å². The van der Waals surface area contributed by atoms with Crippen molar-refractivity contribution in [2.24, 2.45) is 0 Å². The number of aromatic nitrogens is 2. The quantitative estimate of drug-likeness (QED) is 0.758. The van der Waals surface area contributed by atoms with Crippen molar-refractivity contribution in [2.75, 3.05) is 0 Å². The molecule has 0 spiro atoms. The zero-order valence-corrected chi connectivity index (χ0v) is 12.3. The molecule has 0 unspecified atom stereocenters. The van der Waals surface area contributed by atoms with E-state index >= 15 is 0 Å². The first-order chi connectivity index (χ1) is 8.25. The molecule has 0 saturated carbocycles. The van der Waals surface area contributed by atoms with Crippen molar-refractivity contribution >= 4 is 24.3 Å². The van der Waals surface area contributed by atoms with Crippen LogP contribution in [0.25, 0.3) is 9.78 Å². The Morgan fingerprint density at radius 1 is 1.24 bits per heavy atom. The van der Waals surface area contributed by atoms with E-state index in [0.717, 1.165) is 22.0 Å². The predicted octanol–water partition coefficient (Wildman–Crippen LogP) is 2.19. The summed E-state index contributed by atoms with van der Waals surface area (Å²) >= 11 is 0.324. The van der Waals surface area contributed by atoms with Gasteiger partial charge in [-0.3, -0.25) is 0 Å². The summed E-state index contributed by atoms with van der Waals surface area (Å²) in [5, 5.41) is 0.912. The summed E-state index contributed by atoms with van der Waals surface area (Å²) in [6.45, 7) is 5.86. The van der Waals surface area contributed by atoms with E-state index in [1.165, 1.54) is 29.3 Å². The molecule has 4 heteroatoms. The standard InChI is InChI=1S/C11H12N2OSe.C2H6/c1-6-12-10(14)9-7-4-2-3-5-8(7)15-11(9)13-6;1-2/h2-5H2,1H3,(H,12,13,14);1-2H3. The summed E-state index contributed by atoms with van der Waals surface area (Å²) in [7, 11) is 0. The normalized spacial score (nSPS) is 14.1. The maximum atomic E-state index is 11.9. The summed E-state index contributed by atoms with van der Waals surface area (Å²) in [6.07, 6.45) is 4.77. The van der Waals surface area contributed by atoms with Gasteiger partial charge < -0.3 is 0 Å². The van der Waals surface area contributed by atoms with Crippen LogP contribution in [0.3, 0.4) is 0 Å². The fraction of sp³-hybridized carbons (Fsp3) is 0.538. The Labute approximate surface area is 107 Å². The number of H-pyrrole nitrogens is 1. The number of nitrogens with zero attached hydrogens (tertiary/aromatic N) is 1. The first-order valence-electron chi connectivity index (χ1n) is 6.27. The van der Waals surface area contributed by atoms with Crippen molar-refractivity contribution in [1.82, 2.24) is 9.97 Å². The second kappa shape index (κ2) is 5.19. The van der Waals surface area contributed by atoms with E-state index in [1.54, 1.807) is 0 Å². The Kier molecular flexibility index (Phi) is 3.85. The Morgan fingerprint density at radius 2 is 1.94 bits per heavy atom. The number of hydrogen-bond acceptors (Lipinski definition) is 2. The van der Waals surface area contributed by atoms with E-state index in [1.807, 2.05) is 20.8 Å². The third-order valence-electron chi connectivity index (χ3n) is 2.94. The van der Waals surface area contributed by atoms with E-state index < -0.39 is 0 Å². The monoisotopic (exact) mass is 298 g/mol. The first kappa shape index (κ1) is 12.6. The second-order valence-electron chi connectivity index (χ2n) is 4.04. The summed E-state index contributed by atoms with van der Waals surface area (Å²) in [4.78, 5) is 19.1. The van der Waals surface area contributed by atoms with Gasteiger partial charge in [-0.25, -0.2) is 0 Å². The van der Waals surface area contributed by atoms with Crippen LogP contribution in [-0.4, -0.2) is 24.5 Å². The van der Waals surface area contributed by atoms with Crippen molar-refractivity contribution < 1.29 is 0 Å². The Bertz CT molecular complexity index is 583. The molecule has 0 bridgehead atoms. The molecule has 0 aromatic carbocycles. The van der Waals surface area contributed by atoms with Crippen molar-refractivity contribution in [1.29, 1.82) is 0 Å². The van der Waals surface area contributed by atoms with E-state index in [0.29, 0.717) is 14.5 Å². The van der Waals surface area contributed by atoms with Gasteiger partial charge in [-0.05, 0) is 0 Å². The maximum absolute atomic E-state index is 11.9. The molecule has 3 rings (SSSR count). The zero-order valence-electron chi connectivity index (χ0n) is 10.6. The molecule has 1 N–H and O–H groups in total. The molecule has 0 fully saturated rings. The molecule has 0 saturated heterocycles. The van der Waals surface area contributed by atoms with Crippen LogP contribution in [-0.2, 0) is 12.8 Å². The van der Waals surface area contributed by atoms with Crippen molar-refractivity contribution in [3.63, 3.8) is 0 Å². The molecule has 0 amide bonds. The van der Waals surface area contributed by atoms with E-state index in [-0.39, 0.29) is 5.56 Å². The molecule has 0 radical (unpaired) electrons. The molecule has 2 aromatic heterocycles. The molecular formula is C13H18N2OSe. The third-order valence-corrected chi connectivity index (χ3v) is 5.43. The molecule has 17 heavy (non-hydrogen) atoms. The van der Waals surface area contributed by atoms with Crippen LogP contribution < -0.4 is 5.56 Å². The zero-order chi connectivity index (χ0) is 12.4. The third kappa shape index (κ3) is 2.24. The van der Waals surface area contributed by atoms with Gasteiger partial charge in [0.25, 0.3) is 0 Å². The summed E-state index contributed by atoms with van der Waals surface area (Å²) in [5.74, 6) is 0.750. The summed E-state index contributed by atoms with van der Waals surface area (Å²) in [6, 6.07) is 0. The number of rotatable bonds is 0. The van der Waals surface area contributed by atoms with Crippen molar-refractivity contribution in [2.45, 2.75) is 46.5 Å². The molecule has 2 aromatic rings. The van der Waals surface area contributed by atoms with E-state index in [2.05, 4.69) is 9.97 Å². The van der Waals surface area contributed by atoms with Crippen LogP contribution in [0.15, 0.2) is 4.79 Å². The van der Waals surface area contributed by atoms with Gasteiger partial charge >= 0.3 is 93.0 Å². The SMILES string of the molecule is CC.Cc1nc2[se]c3c(c2c(=O)[nH]1)CCCC3. The van der Waals surface area contributed by atoms with E-state index in [4.69, 9.17) is 0 Å². The fourth-order valence-corrected chi connectivity index (χ4v) is 5.02. The average Bonchev–Trinajstić information content (AvgIpc) is 2.69. The Morgan fingerprint density at radius 3 is 2.71 bits per heavy atom. The van der Waals surface area contributed by atoms with Gasteiger partial charge in [-0.2, -0.15) is 0 Å². The number of aromatic amines is 1. The predicted molar refractivity (Wildman–Crippen MR) is 72.0 cm³/mol. The van der Waals surface area contributed by atoms with Gasteiger partial charge in [0, 0.05) is 0 Å². The number of aryl methyl sites for hydroxylation is 3.